The van der Waals surface area contributed by atoms with Crippen LogP contribution in [0.4, 0.5) is 11.4 Å². The number of nitrogens with one attached hydrogen (secondary N) is 1. The standard InChI is InChI=1S/C20H23ClN4O2S/c1-12-15(13(2)23-20(22-12)28-3)7-9-18(26)24-17-11-14(6-8-16(17)21)25-10-4-5-19(25)27/h6,8,11H,4-5,7,9-10H2,1-3H3,(H,24,26). The molecule has 0 unspecified atom stereocenters. The minimum Gasteiger partial charge on any atom is -0.325 e. The van der Waals surface area contributed by atoms with Gasteiger partial charge in [0.2, 0.25) is 11.8 Å². The summed E-state index contributed by atoms with van der Waals surface area (Å²) < 4.78 is 0. The molecule has 0 atom stereocenters. The molecule has 1 fully saturated rings. The van der Waals surface area contributed by atoms with Crippen LogP contribution in [0.3, 0.4) is 0 Å². The Kier molecular flexibility index (Phi) is 6.57. The van der Waals surface area contributed by atoms with Crippen LogP contribution in [-0.2, 0) is 16.0 Å². The lowest BCUT2D eigenvalue weighted by molar-refractivity contribution is -0.117. The van der Waals surface area contributed by atoms with Gasteiger partial charge in [0.25, 0.3) is 0 Å². The highest BCUT2D eigenvalue weighted by Gasteiger charge is 2.22. The molecular formula is C20H23ClN4O2S. The highest BCUT2D eigenvalue weighted by molar-refractivity contribution is 7.98. The smallest absolute Gasteiger partial charge is 0.227 e. The van der Waals surface area contributed by atoms with Crippen LogP contribution in [0.15, 0.2) is 23.4 Å². The van der Waals surface area contributed by atoms with E-state index in [1.807, 2.05) is 20.1 Å². The topological polar surface area (TPSA) is 75.2 Å². The molecule has 8 heteroatoms. The lowest BCUT2D eigenvalue weighted by Crippen LogP contribution is -2.24. The first-order chi connectivity index (χ1) is 13.4. The molecule has 6 nitrogen and oxygen atoms in total. The van der Waals surface area contributed by atoms with Gasteiger partial charge >= 0.3 is 0 Å². The third-order valence-corrected chi connectivity index (χ3v) is 5.67. The number of aryl methyl sites for hydroxylation is 2. The Hall–Kier alpha value is -2.12. The first-order valence-corrected chi connectivity index (χ1v) is 10.8. The van der Waals surface area contributed by atoms with Gasteiger partial charge in [-0.15, -0.1) is 0 Å². The molecule has 0 radical (unpaired) electrons. The molecule has 2 heterocycles. The molecule has 3 rings (SSSR count). The number of carbonyl (C=O) groups is 2. The van der Waals surface area contributed by atoms with Gasteiger partial charge in [-0.1, -0.05) is 23.4 Å². The maximum absolute atomic E-state index is 12.5. The number of rotatable bonds is 6. The summed E-state index contributed by atoms with van der Waals surface area (Å²) in [6.07, 6.45) is 4.20. The van der Waals surface area contributed by atoms with Gasteiger partial charge < -0.3 is 10.2 Å². The number of anilines is 2. The summed E-state index contributed by atoms with van der Waals surface area (Å²) in [5, 5.41) is 4.05. The third kappa shape index (κ3) is 4.64. The fraction of sp³-hybridized carbons (Fsp3) is 0.400. The lowest BCUT2D eigenvalue weighted by Gasteiger charge is -2.17. The van der Waals surface area contributed by atoms with Gasteiger partial charge in [0, 0.05) is 36.5 Å². The van der Waals surface area contributed by atoms with E-state index in [1.165, 1.54) is 11.8 Å². The van der Waals surface area contributed by atoms with E-state index < -0.39 is 0 Å². The Morgan fingerprint density at radius 1 is 1.29 bits per heavy atom. The van der Waals surface area contributed by atoms with Crippen molar-refractivity contribution in [1.82, 2.24) is 9.97 Å². The van der Waals surface area contributed by atoms with Gasteiger partial charge in [0.1, 0.15) is 0 Å². The Bertz CT molecular complexity index is 896. The number of aromatic nitrogens is 2. The van der Waals surface area contributed by atoms with Gasteiger partial charge in [0.05, 0.1) is 10.7 Å². The van der Waals surface area contributed by atoms with Gasteiger partial charge in [-0.05, 0) is 56.7 Å². The second-order valence-electron chi connectivity index (χ2n) is 6.72. The Balaban J connectivity index is 1.68. The minimum absolute atomic E-state index is 0.0965. The highest BCUT2D eigenvalue weighted by atomic mass is 35.5. The first-order valence-electron chi connectivity index (χ1n) is 9.17. The van der Waals surface area contributed by atoms with Gasteiger partial charge in [-0.25, -0.2) is 9.97 Å². The van der Waals surface area contributed by atoms with E-state index in [-0.39, 0.29) is 11.8 Å². The number of benzene rings is 1. The SMILES string of the molecule is CSc1nc(C)c(CCC(=O)Nc2cc(N3CCCC3=O)ccc2Cl)c(C)n1. The second-order valence-corrected chi connectivity index (χ2v) is 7.90. The number of thioether (sulfide) groups is 1. The first kappa shape index (κ1) is 20.6. The number of hydrogen-bond donors (Lipinski definition) is 1. The molecule has 0 saturated carbocycles. The second kappa shape index (κ2) is 8.92. The zero-order chi connectivity index (χ0) is 20.3. The van der Waals surface area contributed by atoms with Gasteiger partial charge in [-0.3, -0.25) is 9.59 Å². The highest BCUT2D eigenvalue weighted by Crippen LogP contribution is 2.30. The number of halogens is 1. The molecule has 148 valence electrons. The fourth-order valence-electron chi connectivity index (χ4n) is 3.31. The third-order valence-electron chi connectivity index (χ3n) is 4.79. The number of nitrogens with zero attached hydrogens (tertiary/aromatic N) is 3. The van der Waals surface area contributed by atoms with Crippen LogP contribution in [0.5, 0.6) is 0 Å². The molecule has 1 aliphatic rings. The van der Waals surface area contributed by atoms with E-state index in [0.29, 0.717) is 36.5 Å². The van der Waals surface area contributed by atoms with E-state index in [9.17, 15) is 9.59 Å². The summed E-state index contributed by atoms with van der Waals surface area (Å²) in [4.78, 5) is 35.1. The van der Waals surface area contributed by atoms with Crippen molar-refractivity contribution in [2.45, 2.75) is 44.7 Å². The van der Waals surface area contributed by atoms with Crippen LogP contribution in [-0.4, -0.2) is 34.6 Å². The van der Waals surface area contributed by atoms with Crippen molar-refractivity contribution in [3.05, 3.63) is 40.2 Å². The van der Waals surface area contributed by atoms with Crippen molar-refractivity contribution in [3.8, 4) is 0 Å². The van der Waals surface area contributed by atoms with Crippen LogP contribution in [0, 0.1) is 13.8 Å². The molecule has 1 N–H and O–H groups in total. The van der Waals surface area contributed by atoms with Crippen molar-refractivity contribution in [2.24, 2.45) is 0 Å². The fourth-order valence-corrected chi connectivity index (χ4v) is 3.93. The maximum atomic E-state index is 12.5. The Morgan fingerprint density at radius 2 is 2.00 bits per heavy atom. The summed E-state index contributed by atoms with van der Waals surface area (Å²) >= 11 is 7.75. The molecule has 2 aromatic rings. The quantitative estimate of drug-likeness (QED) is 0.563. The summed E-state index contributed by atoms with van der Waals surface area (Å²) in [6, 6.07) is 5.27. The molecule has 0 bridgehead atoms. The molecule has 0 aliphatic carbocycles. The Labute approximate surface area is 174 Å². The lowest BCUT2D eigenvalue weighted by atomic mass is 10.1. The maximum Gasteiger partial charge on any atom is 0.227 e. The zero-order valence-electron chi connectivity index (χ0n) is 16.2. The molecule has 1 aromatic heterocycles. The Morgan fingerprint density at radius 3 is 2.61 bits per heavy atom. The normalized spacial score (nSPS) is 13.9. The van der Waals surface area contributed by atoms with Crippen molar-refractivity contribution < 1.29 is 9.59 Å². The summed E-state index contributed by atoms with van der Waals surface area (Å²) in [5.74, 6) is -0.0428. The summed E-state index contributed by atoms with van der Waals surface area (Å²) in [5.41, 5.74) is 4.08. The van der Waals surface area contributed by atoms with Crippen molar-refractivity contribution in [3.63, 3.8) is 0 Å². The average molecular weight is 419 g/mol. The largest absolute Gasteiger partial charge is 0.325 e. The van der Waals surface area contributed by atoms with Gasteiger partial charge in [-0.2, -0.15) is 0 Å². The van der Waals surface area contributed by atoms with E-state index in [0.717, 1.165) is 34.2 Å². The predicted molar refractivity (Wildman–Crippen MR) is 113 cm³/mol. The molecule has 0 spiro atoms. The van der Waals surface area contributed by atoms with Crippen LogP contribution in [0.1, 0.15) is 36.2 Å². The van der Waals surface area contributed by atoms with Crippen LogP contribution in [0.25, 0.3) is 0 Å². The van der Waals surface area contributed by atoms with Crippen LogP contribution in [0.2, 0.25) is 5.02 Å². The monoisotopic (exact) mass is 418 g/mol. The molecular weight excluding hydrogens is 396 g/mol. The predicted octanol–water partition coefficient (Wildman–Crippen LogP) is 4.17. The number of carbonyl (C=O) groups excluding carboxylic acids is 2. The van der Waals surface area contributed by atoms with E-state index in [4.69, 9.17) is 11.6 Å². The van der Waals surface area contributed by atoms with E-state index in [1.54, 1.807) is 23.1 Å². The molecule has 28 heavy (non-hydrogen) atoms. The molecule has 1 saturated heterocycles. The number of amides is 2. The summed E-state index contributed by atoms with van der Waals surface area (Å²) in [7, 11) is 0. The van der Waals surface area contributed by atoms with Gasteiger partial charge in [0.15, 0.2) is 5.16 Å². The van der Waals surface area contributed by atoms with E-state index >= 15 is 0 Å². The molecule has 1 aromatic carbocycles. The van der Waals surface area contributed by atoms with Crippen LogP contribution < -0.4 is 10.2 Å². The number of hydrogen-bond acceptors (Lipinski definition) is 5. The van der Waals surface area contributed by atoms with Crippen LogP contribution >= 0.6 is 23.4 Å². The average Bonchev–Trinajstić information content (AvgIpc) is 3.08. The van der Waals surface area contributed by atoms with Crippen molar-refractivity contribution >= 4 is 46.6 Å². The molecule has 1 aliphatic heterocycles. The minimum atomic E-state index is -0.139. The van der Waals surface area contributed by atoms with Crippen molar-refractivity contribution in [2.75, 3.05) is 23.0 Å². The molecule has 2 amide bonds. The summed E-state index contributed by atoms with van der Waals surface area (Å²) in [6.45, 7) is 4.57. The van der Waals surface area contributed by atoms with E-state index in [2.05, 4.69) is 15.3 Å². The zero-order valence-corrected chi connectivity index (χ0v) is 17.8. The van der Waals surface area contributed by atoms with Crippen molar-refractivity contribution in [1.29, 1.82) is 0 Å².